The van der Waals surface area contributed by atoms with E-state index in [4.69, 9.17) is 4.74 Å². The van der Waals surface area contributed by atoms with Crippen molar-refractivity contribution in [2.75, 3.05) is 53.5 Å². The number of nitrogens with one attached hydrogen (secondary N) is 2. The molecule has 1 aliphatic carbocycles. The van der Waals surface area contributed by atoms with E-state index in [1.165, 1.54) is 38.6 Å². The summed E-state index contributed by atoms with van der Waals surface area (Å²) in [6.07, 6.45) is 7.66. The zero-order chi connectivity index (χ0) is 17.0. The molecule has 1 aliphatic rings. The Morgan fingerprint density at radius 2 is 1.91 bits per heavy atom. The number of rotatable bonds is 11. The van der Waals surface area contributed by atoms with Gasteiger partial charge in [-0.25, -0.2) is 0 Å². The molecule has 136 valence electrons. The molecular formula is C18H38N4O. The average Bonchev–Trinajstić information content (AvgIpc) is 3.04. The van der Waals surface area contributed by atoms with Gasteiger partial charge in [-0.1, -0.05) is 26.7 Å². The Morgan fingerprint density at radius 1 is 1.17 bits per heavy atom. The molecule has 0 aliphatic heterocycles. The molecule has 0 bridgehead atoms. The van der Waals surface area contributed by atoms with Crippen molar-refractivity contribution >= 4 is 5.96 Å². The van der Waals surface area contributed by atoms with Crippen molar-refractivity contribution in [3.63, 3.8) is 0 Å². The second-order valence-corrected chi connectivity index (χ2v) is 6.74. The lowest BCUT2D eigenvalue weighted by atomic mass is 9.83. The Hall–Kier alpha value is -0.810. The fraction of sp³-hybridized carbons (Fsp3) is 0.944. The third kappa shape index (κ3) is 7.53. The summed E-state index contributed by atoms with van der Waals surface area (Å²) in [6.45, 7) is 10.6. The predicted molar refractivity (Wildman–Crippen MR) is 99.2 cm³/mol. The highest BCUT2D eigenvalue weighted by molar-refractivity contribution is 5.79. The Labute approximate surface area is 143 Å². The minimum atomic E-state index is 0.394. The molecule has 0 atom stereocenters. The molecule has 1 saturated carbocycles. The summed E-state index contributed by atoms with van der Waals surface area (Å²) in [5.41, 5.74) is 0.394. The third-order valence-corrected chi connectivity index (χ3v) is 5.06. The molecule has 5 heteroatoms. The molecule has 0 aromatic carbocycles. The van der Waals surface area contributed by atoms with Gasteiger partial charge in [0.1, 0.15) is 0 Å². The normalized spacial score (nSPS) is 17.7. The van der Waals surface area contributed by atoms with Crippen molar-refractivity contribution in [3.05, 3.63) is 0 Å². The van der Waals surface area contributed by atoms with Crippen LogP contribution in [0.3, 0.4) is 0 Å². The largest absolute Gasteiger partial charge is 0.385 e. The number of likely N-dealkylation sites (N-methyl/N-ethyl adjacent to an activating group) is 1. The second kappa shape index (κ2) is 11.7. The number of ether oxygens (including phenoxy) is 1. The monoisotopic (exact) mass is 326 g/mol. The fourth-order valence-corrected chi connectivity index (χ4v) is 3.53. The molecule has 5 nitrogen and oxygen atoms in total. The Morgan fingerprint density at radius 3 is 2.48 bits per heavy atom. The number of nitrogens with zero attached hydrogens (tertiary/aromatic N) is 2. The van der Waals surface area contributed by atoms with Crippen LogP contribution in [0.2, 0.25) is 0 Å². The van der Waals surface area contributed by atoms with Crippen LogP contribution in [0.25, 0.3) is 0 Å². The maximum Gasteiger partial charge on any atom is 0.191 e. The fourth-order valence-electron chi connectivity index (χ4n) is 3.53. The van der Waals surface area contributed by atoms with E-state index >= 15 is 0 Å². The van der Waals surface area contributed by atoms with Crippen molar-refractivity contribution in [2.45, 2.75) is 52.4 Å². The predicted octanol–water partition coefficient (Wildman–Crippen LogP) is 2.48. The van der Waals surface area contributed by atoms with Crippen LogP contribution in [-0.2, 0) is 4.74 Å². The van der Waals surface area contributed by atoms with Gasteiger partial charge in [-0.3, -0.25) is 4.99 Å². The van der Waals surface area contributed by atoms with E-state index < -0.39 is 0 Å². The van der Waals surface area contributed by atoms with E-state index in [9.17, 15) is 0 Å². The highest BCUT2D eigenvalue weighted by Gasteiger charge is 2.33. The van der Waals surface area contributed by atoms with Crippen LogP contribution in [-0.4, -0.2) is 64.3 Å². The van der Waals surface area contributed by atoms with E-state index in [2.05, 4.69) is 34.4 Å². The Bertz CT molecular complexity index is 327. The van der Waals surface area contributed by atoms with Crippen molar-refractivity contribution in [1.29, 1.82) is 0 Å². The van der Waals surface area contributed by atoms with Crippen molar-refractivity contribution in [3.8, 4) is 0 Å². The van der Waals surface area contributed by atoms with Crippen molar-refractivity contribution in [1.82, 2.24) is 15.5 Å². The Balaban J connectivity index is 2.34. The summed E-state index contributed by atoms with van der Waals surface area (Å²) in [7, 11) is 3.65. The molecule has 0 aromatic heterocycles. The maximum atomic E-state index is 5.31. The van der Waals surface area contributed by atoms with E-state index in [-0.39, 0.29) is 0 Å². The molecule has 23 heavy (non-hydrogen) atoms. The summed E-state index contributed by atoms with van der Waals surface area (Å²) in [5.74, 6) is 0.932. The summed E-state index contributed by atoms with van der Waals surface area (Å²) in [5, 5.41) is 7.01. The van der Waals surface area contributed by atoms with Gasteiger partial charge in [-0.2, -0.15) is 0 Å². The van der Waals surface area contributed by atoms with Crippen LogP contribution in [0.15, 0.2) is 4.99 Å². The van der Waals surface area contributed by atoms with Crippen molar-refractivity contribution < 1.29 is 4.74 Å². The standard InChI is InChI=1S/C18H38N4O/c1-5-13-22(6-2)14-12-20-17(19-3)21-16-18(11-15-23-4)9-7-8-10-18/h5-16H2,1-4H3,(H2,19,20,21). The van der Waals surface area contributed by atoms with E-state index in [0.717, 1.165) is 45.2 Å². The van der Waals surface area contributed by atoms with Crippen LogP contribution >= 0.6 is 0 Å². The van der Waals surface area contributed by atoms with Gasteiger partial charge >= 0.3 is 0 Å². The number of guanidine groups is 1. The number of aliphatic imine (C=N–C) groups is 1. The van der Waals surface area contributed by atoms with Crippen molar-refractivity contribution in [2.24, 2.45) is 10.4 Å². The zero-order valence-corrected chi connectivity index (χ0v) is 15.8. The zero-order valence-electron chi connectivity index (χ0n) is 15.8. The molecule has 0 amide bonds. The molecule has 0 spiro atoms. The lowest BCUT2D eigenvalue weighted by molar-refractivity contribution is 0.138. The summed E-state index contributed by atoms with van der Waals surface area (Å²) in [6, 6.07) is 0. The van der Waals surface area contributed by atoms with E-state index in [1.807, 2.05) is 7.05 Å². The van der Waals surface area contributed by atoms with Crippen LogP contribution in [0.4, 0.5) is 0 Å². The highest BCUT2D eigenvalue weighted by Crippen LogP contribution is 2.40. The molecule has 2 N–H and O–H groups in total. The summed E-state index contributed by atoms with van der Waals surface area (Å²) in [4.78, 5) is 6.84. The van der Waals surface area contributed by atoms with Crippen LogP contribution < -0.4 is 10.6 Å². The van der Waals surface area contributed by atoms with Gasteiger partial charge < -0.3 is 20.3 Å². The molecule has 0 saturated heterocycles. The maximum absolute atomic E-state index is 5.31. The first kappa shape index (κ1) is 20.2. The minimum absolute atomic E-state index is 0.394. The van der Waals surface area contributed by atoms with Crippen LogP contribution in [0.1, 0.15) is 52.4 Å². The number of hydrogen-bond acceptors (Lipinski definition) is 3. The molecule has 0 aromatic rings. The first-order valence-corrected chi connectivity index (χ1v) is 9.35. The SMILES string of the molecule is CCCN(CC)CCNC(=NC)NCC1(CCOC)CCCC1. The van der Waals surface area contributed by atoms with Gasteiger partial charge in [-0.15, -0.1) is 0 Å². The first-order chi connectivity index (χ1) is 11.2. The Kier molecular flexibility index (Phi) is 10.3. The smallest absolute Gasteiger partial charge is 0.191 e. The lowest BCUT2D eigenvalue weighted by Gasteiger charge is -2.30. The molecular weight excluding hydrogens is 288 g/mol. The summed E-state index contributed by atoms with van der Waals surface area (Å²) < 4.78 is 5.31. The lowest BCUT2D eigenvalue weighted by Crippen LogP contribution is -2.45. The second-order valence-electron chi connectivity index (χ2n) is 6.74. The van der Waals surface area contributed by atoms with Crippen LogP contribution in [0.5, 0.6) is 0 Å². The first-order valence-electron chi connectivity index (χ1n) is 9.35. The highest BCUT2D eigenvalue weighted by atomic mass is 16.5. The molecule has 1 rings (SSSR count). The quantitative estimate of drug-likeness (QED) is 0.452. The number of methoxy groups -OCH3 is 1. The van der Waals surface area contributed by atoms with E-state index in [0.29, 0.717) is 5.41 Å². The van der Waals surface area contributed by atoms with Gasteiger partial charge in [0.15, 0.2) is 5.96 Å². The van der Waals surface area contributed by atoms with Gasteiger partial charge in [0.2, 0.25) is 0 Å². The van der Waals surface area contributed by atoms with Gasteiger partial charge in [-0.05, 0) is 44.2 Å². The van der Waals surface area contributed by atoms with Gasteiger partial charge in [0.05, 0.1) is 0 Å². The van der Waals surface area contributed by atoms with Crippen LogP contribution in [0, 0.1) is 5.41 Å². The molecule has 1 fully saturated rings. The van der Waals surface area contributed by atoms with E-state index in [1.54, 1.807) is 7.11 Å². The van der Waals surface area contributed by atoms with Gasteiger partial charge in [0.25, 0.3) is 0 Å². The molecule has 0 radical (unpaired) electrons. The summed E-state index contributed by atoms with van der Waals surface area (Å²) >= 11 is 0. The van der Waals surface area contributed by atoms with Gasteiger partial charge in [0, 0.05) is 40.4 Å². The topological polar surface area (TPSA) is 48.9 Å². The average molecular weight is 327 g/mol. The third-order valence-electron chi connectivity index (χ3n) is 5.06. The molecule has 0 heterocycles. The minimum Gasteiger partial charge on any atom is -0.385 e. The molecule has 0 unspecified atom stereocenters. The number of hydrogen-bond donors (Lipinski definition) is 2.